The Kier molecular flexibility index (Phi) is 5.01. The zero-order valence-electron chi connectivity index (χ0n) is 11.7. The predicted octanol–water partition coefficient (Wildman–Crippen LogP) is 1.88. The minimum absolute atomic E-state index is 0.141. The van der Waals surface area contributed by atoms with Gasteiger partial charge in [-0.05, 0) is 44.5 Å². The summed E-state index contributed by atoms with van der Waals surface area (Å²) >= 11 is 0. The molecular weight excluding hydrogens is 226 g/mol. The van der Waals surface area contributed by atoms with Crippen molar-refractivity contribution in [1.82, 2.24) is 4.90 Å². The Morgan fingerprint density at radius 2 is 1.83 bits per heavy atom. The SMILES string of the molecule is CCN(CC)C(=O)CN(C)c1cc(C)cc(N)c1. The largest absolute Gasteiger partial charge is 0.399 e. The summed E-state index contributed by atoms with van der Waals surface area (Å²) in [7, 11) is 1.91. The van der Waals surface area contributed by atoms with Crippen LogP contribution in [0, 0.1) is 6.92 Å². The van der Waals surface area contributed by atoms with Gasteiger partial charge in [-0.25, -0.2) is 0 Å². The topological polar surface area (TPSA) is 49.6 Å². The molecule has 0 aliphatic rings. The maximum absolute atomic E-state index is 12.0. The molecule has 2 N–H and O–H groups in total. The summed E-state index contributed by atoms with van der Waals surface area (Å²) in [5.41, 5.74) is 8.63. The van der Waals surface area contributed by atoms with E-state index in [1.165, 1.54) is 0 Å². The number of nitrogens with two attached hydrogens (primary N) is 1. The molecule has 0 atom stereocenters. The molecule has 0 aliphatic carbocycles. The van der Waals surface area contributed by atoms with Gasteiger partial charge < -0.3 is 15.5 Å². The fraction of sp³-hybridized carbons (Fsp3) is 0.500. The van der Waals surface area contributed by atoms with E-state index in [1.54, 1.807) is 0 Å². The van der Waals surface area contributed by atoms with E-state index in [0.717, 1.165) is 30.0 Å². The minimum atomic E-state index is 0.141. The number of aryl methyl sites for hydroxylation is 1. The lowest BCUT2D eigenvalue weighted by Crippen LogP contribution is -2.38. The lowest BCUT2D eigenvalue weighted by atomic mass is 10.2. The lowest BCUT2D eigenvalue weighted by Gasteiger charge is -2.24. The molecule has 18 heavy (non-hydrogen) atoms. The molecule has 1 aromatic rings. The van der Waals surface area contributed by atoms with Crippen LogP contribution in [-0.2, 0) is 4.79 Å². The van der Waals surface area contributed by atoms with Crippen LogP contribution in [0.25, 0.3) is 0 Å². The number of benzene rings is 1. The first-order valence-corrected chi connectivity index (χ1v) is 6.34. The van der Waals surface area contributed by atoms with Crippen LogP contribution in [0.4, 0.5) is 11.4 Å². The maximum atomic E-state index is 12.0. The molecule has 0 saturated carbocycles. The van der Waals surface area contributed by atoms with Crippen molar-refractivity contribution in [2.24, 2.45) is 0 Å². The first-order valence-electron chi connectivity index (χ1n) is 6.34. The number of hydrogen-bond acceptors (Lipinski definition) is 3. The van der Waals surface area contributed by atoms with Crippen molar-refractivity contribution < 1.29 is 4.79 Å². The number of nitrogen functional groups attached to an aromatic ring is 1. The molecule has 0 bridgehead atoms. The molecule has 4 heteroatoms. The van der Waals surface area contributed by atoms with Crippen LogP contribution in [0.2, 0.25) is 0 Å². The average Bonchev–Trinajstić information content (AvgIpc) is 2.29. The van der Waals surface area contributed by atoms with Crippen molar-refractivity contribution in [1.29, 1.82) is 0 Å². The van der Waals surface area contributed by atoms with Gasteiger partial charge in [-0.15, -0.1) is 0 Å². The van der Waals surface area contributed by atoms with Crippen LogP contribution in [0.5, 0.6) is 0 Å². The summed E-state index contributed by atoms with van der Waals surface area (Å²) in [5.74, 6) is 0.141. The van der Waals surface area contributed by atoms with Crippen LogP contribution in [0.3, 0.4) is 0 Å². The first kappa shape index (κ1) is 14.4. The van der Waals surface area contributed by atoms with E-state index < -0.39 is 0 Å². The third-order valence-corrected chi connectivity index (χ3v) is 3.01. The van der Waals surface area contributed by atoms with E-state index >= 15 is 0 Å². The highest BCUT2D eigenvalue weighted by atomic mass is 16.2. The highest BCUT2D eigenvalue weighted by Crippen LogP contribution is 2.19. The van der Waals surface area contributed by atoms with Gasteiger partial charge in [0.1, 0.15) is 0 Å². The molecule has 0 spiro atoms. The van der Waals surface area contributed by atoms with Gasteiger partial charge in [-0.1, -0.05) is 0 Å². The molecule has 0 aliphatic heterocycles. The molecule has 0 unspecified atom stereocenters. The zero-order valence-corrected chi connectivity index (χ0v) is 11.7. The average molecular weight is 249 g/mol. The Morgan fingerprint density at radius 3 is 2.33 bits per heavy atom. The molecule has 0 radical (unpaired) electrons. The van der Waals surface area contributed by atoms with Gasteiger partial charge in [0.25, 0.3) is 0 Å². The lowest BCUT2D eigenvalue weighted by molar-refractivity contribution is -0.129. The Morgan fingerprint density at radius 1 is 1.22 bits per heavy atom. The van der Waals surface area contributed by atoms with Crippen molar-refractivity contribution >= 4 is 17.3 Å². The number of amides is 1. The zero-order chi connectivity index (χ0) is 13.7. The molecule has 100 valence electrons. The predicted molar refractivity (Wildman–Crippen MR) is 76.8 cm³/mol. The maximum Gasteiger partial charge on any atom is 0.242 e. The van der Waals surface area contributed by atoms with Crippen molar-refractivity contribution in [3.8, 4) is 0 Å². The molecule has 1 aromatic carbocycles. The number of nitrogens with zero attached hydrogens (tertiary/aromatic N) is 2. The van der Waals surface area contributed by atoms with Gasteiger partial charge in [-0.2, -0.15) is 0 Å². The number of hydrogen-bond donors (Lipinski definition) is 1. The molecule has 1 rings (SSSR count). The van der Waals surface area contributed by atoms with Crippen LogP contribution >= 0.6 is 0 Å². The summed E-state index contributed by atoms with van der Waals surface area (Å²) in [6.07, 6.45) is 0. The number of likely N-dealkylation sites (N-methyl/N-ethyl adjacent to an activating group) is 2. The number of carbonyl (C=O) groups excluding carboxylic acids is 1. The van der Waals surface area contributed by atoms with Gasteiger partial charge in [-0.3, -0.25) is 4.79 Å². The second-order valence-electron chi connectivity index (χ2n) is 4.52. The molecule has 0 heterocycles. The Bertz CT molecular complexity index is 393. The molecular formula is C14H23N3O. The molecule has 1 amide bonds. The smallest absolute Gasteiger partial charge is 0.242 e. The van der Waals surface area contributed by atoms with Crippen molar-refractivity contribution in [3.63, 3.8) is 0 Å². The Hall–Kier alpha value is -1.71. The summed E-state index contributed by atoms with van der Waals surface area (Å²) in [6.45, 7) is 7.86. The second kappa shape index (κ2) is 6.28. The Labute approximate surface area is 109 Å². The van der Waals surface area contributed by atoms with Crippen molar-refractivity contribution in [2.75, 3.05) is 37.3 Å². The summed E-state index contributed by atoms with van der Waals surface area (Å²) < 4.78 is 0. The number of rotatable bonds is 5. The minimum Gasteiger partial charge on any atom is -0.399 e. The van der Waals surface area contributed by atoms with Crippen LogP contribution in [-0.4, -0.2) is 37.5 Å². The summed E-state index contributed by atoms with van der Waals surface area (Å²) in [6, 6.07) is 5.85. The third-order valence-electron chi connectivity index (χ3n) is 3.01. The van der Waals surface area contributed by atoms with Crippen molar-refractivity contribution in [2.45, 2.75) is 20.8 Å². The van der Waals surface area contributed by atoms with Gasteiger partial charge in [0.15, 0.2) is 0 Å². The summed E-state index contributed by atoms with van der Waals surface area (Å²) in [4.78, 5) is 15.8. The fourth-order valence-electron chi connectivity index (χ4n) is 1.98. The standard InChI is InChI=1S/C14H23N3O/c1-5-17(6-2)14(18)10-16(4)13-8-11(3)7-12(15)9-13/h7-9H,5-6,10,15H2,1-4H3. The van der Waals surface area contributed by atoms with E-state index in [1.807, 2.05) is 55.8 Å². The van der Waals surface area contributed by atoms with Gasteiger partial charge >= 0.3 is 0 Å². The molecule has 0 fully saturated rings. The highest BCUT2D eigenvalue weighted by Gasteiger charge is 2.13. The van der Waals surface area contributed by atoms with Gasteiger partial charge in [0, 0.05) is 31.5 Å². The first-order chi connectivity index (χ1) is 8.47. The number of carbonyl (C=O) groups is 1. The van der Waals surface area contributed by atoms with E-state index in [9.17, 15) is 4.79 Å². The van der Waals surface area contributed by atoms with Gasteiger partial charge in [0.05, 0.1) is 6.54 Å². The fourth-order valence-corrected chi connectivity index (χ4v) is 1.98. The quantitative estimate of drug-likeness (QED) is 0.811. The second-order valence-corrected chi connectivity index (χ2v) is 4.52. The van der Waals surface area contributed by atoms with Crippen LogP contribution in [0.15, 0.2) is 18.2 Å². The normalized spacial score (nSPS) is 10.2. The van der Waals surface area contributed by atoms with Crippen LogP contribution < -0.4 is 10.6 Å². The molecule has 4 nitrogen and oxygen atoms in total. The number of anilines is 2. The van der Waals surface area contributed by atoms with Crippen molar-refractivity contribution in [3.05, 3.63) is 23.8 Å². The van der Waals surface area contributed by atoms with Crippen LogP contribution in [0.1, 0.15) is 19.4 Å². The molecule has 0 aromatic heterocycles. The Balaban J connectivity index is 2.75. The van der Waals surface area contributed by atoms with E-state index in [4.69, 9.17) is 5.73 Å². The van der Waals surface area contributed by atoms with Gasteiger partial charge in [0.2, 0.25) is 5.91 Å². The summed E-state index contributed by atoms with van der Waals surface area (Å²) in [5, 5.41) is 0. The van der Waals surface area contributed by atoms with E-state index in [2.05, 4.69) is 0 Å². The monoisotopic (exact) mass is 249 g/mol. The molecule has 0 saturated heterocycles. The van der Waals surface area contributed by atoms with E-state index in [0.29, 0.717) is 6.54 Å². The third kappa shape index (κ3) is 3.65. The van der Waals surface area contributed by atoms with E-state index in [-0.39, 0.29) is 5.91 Å². The highest BCUT2D eigenvalue weighted by molar-refractivity contribution is 5.81.